The molecule has 1 saturated heterocycles. The maximum atomic E-state index is 8.98. The minimum Gasteiger partial charge on any atom is -0.381 e. The van der Waals surface area contributed by atoms with Gasteiger partial charge in [0.15, 0.2) is 5.13 Å². The van der Waals surface area contributed by atoms with Gasteiger partial charge in [-0.15, -0.1) is 0 Å². The van der Waals surface area contributed by atoms with E-state index in [0.717, 1.165) is 46.4 Å². The van der Waals surface area contributed by atoms with Crippen molar-refractivity contribution in [1.29, 1.82) is 5.26 Å². The predicted molar refractivity (Wildman–Crippen MR) is 96.8 cm³/mol. The Hall–Kier alpha value is -2.69. The molecule has 1 aliphatic rings. The van der Waals surface area contributed by atoms with Crippen molar-refractivity contribution >= 4 is 38.2 Å². The fourth-order valence-electron chi connectivity index (χ4n) is 2.76. The molecule has 1 aliphatic heterocycles. The van der Waals surface area contributed by atoms with Gasteiger partial charge in [-0.2, -0.15) is 5.26 Å². The summed E-state index contributed by atoms with van der Waals surface area (Å²) in [4.78, 5) is 8.90. The third kappa shape index (κ3) is 3.15. The number of nitriles is 1. The maximum absolute atomic E-state index is 8.98. The standard InChI is InChI=1S/C17H16N6S/c18-9-11-1-2-14-15(7-11)24-17(22-14)23-16-8-12(4-6-20-16)21-13-3-5-19-10-13/h1-2,4,6-8,13,19H,3,5,10H2,(H2,20,21,22,23). The lowest BCUT2D eigenvalue weighted by Crippen LogP contribution is -2.22. The Morgan fingerprint density at radius 3 is 3.08 bits per heavy atom. The van der Waals surface area contributed by atoms with Crippen molar-refractivity contribution in [2.75, 3.05) is 23.7 Å². The molecule has 0 bridgehead atoms. The van der Waals surface area contributed by atoms with Crippen LogP contribution in [0.2, 0.25) is 0 Å². The van der Waals surface area contributed by atoms with Crippen molar-refractivity contribution in [2.45, 2.75) is 12.5 Å². The van der Waals surface area contributed by atoms with Crippen LogP contribution in [0.1, 0.15) is 12.0 Å². The highest BCUT2D eigenvalue weighted by atomic mass is 32.1. The highest BCUT2D eigenvalue weighted by Gasteiger charge is 2.14. The molecule has 0 radical (unpaired) electrons. The molecular weight excluding hydrogens is 320 g/mol. The summed E-state index contributed by atoms with van der Waals surface area (Å²) in [6.45, 7) is 2.05. The molecule has 0 amide bonds. The quantitative estimate of drug-likeness (QED) is 0.679. The first-order chi connectivity index (χ1) is 11.8. The minimum atomic E-state index is 0.465. The van der Waals surface area contributed by atoms with Crippen LogP contribution < -0.4 is 16.0 Å². The van der Waals surface area contributed by atoms with Gasteiger partial charge in [-0.3, -0.25) is 0 Å². The number of aromatic nitrogens is 2. The van der Waals surface area contributed by atoms with Gasteiger partial charge in [0.05, 0.1) is 21.8 Å². The molecule has 1 fully saturated rings. The van der Waals surface area contributed by atoms with E-state index in [2.05, 4.69) is 32.0 Å². The maximum Gasteiger partial charge on any atom is 0.189 e. The molecule has 1 unspecified atom stereocenters. The fraction of sp³-hybridized carbons (Fsp3) is 0.235. The monoisotopic (exact) mass is 336 g/mol. The Kier molecular flexibility index (Phi) is 3.99. The van der Waals surface area contributed by atoms with E-state index < -0.39 is 0 Å². The largest absolute Gasteiger partial charge is 0.381 e. The van der Waals surface area contributed by atoms with Crippen molar-refractivity contribution < 1.29 is 0 Å². The second kappa shape index (κ2) is 6.43. The van der Waals surface area contributed by atoms with Gasteiger partial charge >= 0.3 is 0 Å². The number of benzene rings is 1. The minimum absolute atomic E-state index is 0.465. The third-order valence-corrected chi connectivity index (χ3v) is 4.88. The van der Waals surface area contributed by atoms with Crippen LogP contribution in [0.4, 0.5) is 16.6 Å². The van der Waals surface area contributed by atoms with Crippen LogP contribution in [0.5, 0.6) is 0 Å². The van der Waals surface area contributed by atoms with Crippen LogP contribution >= 0.6 is 11.3 Å². The molecule has 120 valence electrons. The molecule has 1 aromatic carbocycles. The summed E-state index contributed by atoms with van der Waals surface area (Å²) >= 11 is 1.52. The molecule has 4 rings (SSSR count). The predicted octanol–water partition coefficient (Wildman–Crippen LogP) is 3.08. The van der Waals surface area contributed by atoms with Gasteiger partial charge in [-0.25, -0.2) is 9.97 Å². The second-order valence-corrected chi connectivity index (χ2v) is 6.73. The Morgan fingerprint density at radius 1 is 1.29 bits per heavy atom. The molecule has 3 N–H and O–H groups in total. The molecule has 0 saturated carbocycles. The van der Waals surface area contributed by atoms with E-state index in [-0.39, 0.29) is 0 Å². The topological polar surface area (TPSA) is 85.7 Å². The molecule has 0 spiro atoms. The lowest BCUT2D eigenvalue weighted by molar-refractivity contribution is 0.793. The number of thiazole rings is 1. The normalized spacial score (nSPS) is 16.9. The summed E-state index contributed by atoms with van der Waals surface area (Å²) in [5.41, 5.74) is 2.58. The molecule has 3 aromatic rings. The summed E-state index contributed by atoms with van der Waals surface area (Å²) < 4.78 is 0.989. The Bertz CT molecular complexity index is 907. The van der Waals surface area contributed by atoms with E-state index in [9.17, 15) is 0 Å². The average Bonchev–Trinajstić information content (AvgIpc) is 3.23. The first-order valence-electron chi connectivity index (χ1n) is 7.81. The van der Waals surface area contributed by atoms with Crippen LogP contribution in [0.15, 0.2) is 36.5 Å². The van der Waals surface area contributed by atoms with Crippen LogP contribution in [0.25, 0.3) is 10.2 Å². The molecule has 2 aromatic heterocycles. The lowest BCUT2D eigenvalue weighted by Gasteiger charge is -2.13. The van der Waals surface area contributed by atoms with Gasteiger partial charge in [-0.05, 0) is 37.2 Å². The van der Waals surface area contributed by atoms with Crippen molar-refractivity contribution in [3.63, 3.8) is 0 Å². The Balaban J connectivity index is 1.53. The van der Waals surface area contributed by atoms with E-state index in [1.165, 1.54) is 11.3 Å². The number of pyridine rings is 1. The smallest absolute Gasteiger partial charge is 0.189 e. The molecule has 24 heavy (non-hydrogen) atoms. The molecule has 6 nitrogen and oxygen atoms in total. The molecule has 3 heterocycles. The lowest BCUT2D eigenvalue weighted by atomic mass is 10.2. The molecular formula is C17H16N6S. The van der Waals surface area contributed by atoms with Gasteiger partial charge in [0, 0.05) is 30.5 Å². The number of nitrogens with zero attached hydrogens (tertiary/aromatic N) is 3. The zero-order valence-corrected chi connectivity index (χ0v) is 13.7. The highest BCUT2D eigenvalue weighted by molar-refractivity contribution is 7.22. The van der Waals surface area contributed by atoms with Crippen LogP contribution in [-0.4, -0.2) is 29.1 Å². The van der Waals surface area contributed by atoms with E-state index in [1.807, 2.05) is 24.3 Å². The average molecular weight is 336 g/mol. The molecule has 0 aliphatic carbocycles. The molecule has 1 atom stereocenters. The number of fused-ring (bicyclic) bond motifs is 1. The van der Waals surface area contributed by atoms with Gasteiger partial charge < -0.3 is 16.0 Å². The highest BCUT2D eigenvalue weighted by Crippen LogP contribution is 2.29. The summed E-state index contributed by atoms with van der Waals surface area (Å²) in [6.07, 6.45) is 2.92. The molecule has 7 heteroatoms. The van der Waals surface area contributed by atoms with Crippen molar-refractivity contribution in [3.8, 4) is 6.07 Å². The summed E-state index contributed by atoms with van der Waals surface area (Å²) in [5, 5.41) is 19.9. The van der Waals surface area contributed by atoms with Gasteiger partial charge in [-0.1, -0.05) is 11.3 Å². The zero-order valence-electron chi connectivity index (χ0n) is 12.9. The number of nitrogens with one attached hydrogen (secondary N) is 3. The van der Waals surface area contributed by atoms with Crippen LogP contribution in [-0.2, 0) is 0 Å². The van der Waals surface area contributed by atoms with Crippen molar-refractivity contribution in [2.24, 2.45) is 0 Å². The summed E-state index contributed by atoms with van der Waals surface area (Å²) in [5.74, 6) is 0.755. The van der Waals surface area contributed by atoms with Gasteiger partial charge in [0.1, 0.15) is 5.82 Å². The Morgan fingerprint density at radius 2 is 2.25 bits per heavy atom. The van der Waals surface area contributed by atoms with Gasteiger partial charge in [0.25, 0.3) is 0 Å². The SMILES string of the molecule is N#Cc1ccc2nc(Nc3cc(NC4CCNC4)ccn3)sc2c1. The summed E-state index contributed by atoms with van der Waals surface area (Å²) in [6, 6.07) is 12.1. The third-order valence-electron chi connectivity index (χ3n) is 3.94. The van der Waals surface area contributed by atoms with Crippen LogP contribution in [0, 0.1) is 11.3 Å². The Labute approximate surface area is 143 Å². The van der Waals surface area contributed by atoms with Crippen molar-refractivity contribution in [1.82, 2.24) is 15.3 Å². The van der Waals surface area contributed by atoms with E-state index in [1.54, 1.807) is 12.3 Å². The fourth-order valence-corrected chi connectivity index (χ4v) is 3.67. The van der Waals surface area contributed by atoms with E-state index >= 15 is 0 Å². The summed E-state index contributed by atoms with van der Waals surface area (Å²) in [7, 11) is 0. The second-order valence-electron chi connectivity index (χ2n) is 5.70. The van der Waals surface area contributed by atoms with E-state index in [4.69, 9.17) is 5.26 Å². The van der Waals surface area contributed by atoms with E-state index in [0.29, 0.717) is 11.6 Å². The first-order valence-corrected chi connectivity index (χ1v) is 8.63. The number of hydrogen-bond donors (Lipinski definition) is 3. The van der Waals surface area contributed by atoms with Crippen LogP contribution in [0.3, 0.4) is 0 Å². The number of anilines is 3. The zero-order chi connectivity index (χ0) is 16.4. The first kappa shape index (κ1) is 14.9. The number of rotatable bonds is 4. The number of hydrogen-bond acceptors (Lipinski definition) is 7. The van der Waals surface area contributed by atoms with Crippen molar-refractivity contribution in [3.05, 3.63) is 42.1 Å². The van der Waals surface area contributed by atoms with Gasteiger partial charge in [0.2, 0.25) is 0 Å².